The highest BCUT2D eigenvalue weighted by atomic mass is 32.2. The topological polar surface area (TPSA) is 63.4 Å². The number of hydrogen-bond donors (Lipinski definition) is 1. The second-order valence-corrected chi connectivity index (χ2v) is 6.68. The van der Waals surface area contributed by atoms with Gasteiger partial charge in [-0.25, -0.2) is 12.8 Å². The molecule has 0 fully saturated rings. The molecule has 4 nitrogen and oxygen atoms in total. The largest absolute Gasteiger partial charge is 0.329 e. The second kappa shape index (κ2) is 6.26. The van der Waals surface area contributed by atoms with Crippen LogP contribution in [0.25, 0.3) is 0 Å². The maximum Gasteiger partial charge on any atom is 0.148 e. The molecule has 0 aliphatic carbocycles. The molecule has 102 valence electrons. The molecule has 0 spiro atoms. The smallest absolute Gasteiger partial charge is 0.148 e. The normalized spacial score (nSPS) is 13.8. The molecule has 0 aliphatic rings. The van der Waals surface area contributed by atoms with Crippen LogP contribution >= 0.6 is 0 Å². The lowest BCUT2D eigenvalue weighted by atomic mass is 10.1. The van der Waals surface area contributed by atoms with Crippen molar-refractivity contribution in [1.82, 2.24) is 4.90 Å². The Morgan fingerprint density at radius 2 is 2.11 bits per heavy atom. The van der Waals surface area contributed by atoms with E-state index >= 15 is 0 Å². The van der Waals surface area contributed by atoms with Crippen LogP contribution in [-0.2, 0) is 9.84 Å². The zero-order valence-corrected chi connectivity index (χ0v) is 11.5. The third-order valence-electron chi connectivity index (χ3n) is 2.80. The molecule has 0 aliphatic heterocycles. The molecule has 1 rings (SSSR count). The molecular weight excluding hydrogens is 255 g/mol. The van der Waals surface area contributed by atoms with Crippen molar-refractivity contribution in [2.24, 2.45) is 5.73 Å². The van der Waals surface area contributed by atoms with Crippen molar-refractivity contribution in [2.75, 3.05) is 32.1 Å². The second-order valence-electron chi connectivity index (χ2n) is 4.42. The van der Waals surface area contributed by atoms with E-state index in [9.17, 15) is 12.8 Å². The molecule has 0 radical (unpaired) electrons. The first kappa shape index (κ1) is 15.1. The number of halogens is 1. The maximum absolute atomic E-state index is 13.1. The number of rotatable bonds is 6. The summed E-state index contributed by atoms with van der Waals surface area (Å²) < 4.78 is 35.4. The lowest BCUT2D eigenvalue weighted by Crippen LogP contribution is -2.34. The van der Waals surface area contributed by atoms with E-state index in [1.54, 1.807) is 19.2 Å². The van der Waals surface area contributed by atoms with Gasteiger partial charge in [-0.1, -0.05) is 12.1 Å². The predicted molar refractivity (Wildman–Crippen MR) is 70.5 cm³/mol. The third kappa shape index (κ3) is 4.72. The molecule has 2 N–H and O–H groups in total. The minimum Gasteiger partial charge on any atom is -0.329 e. The molecule has 1 unspecified atom stereocenters. The Hall–Kier alpha value is -0.980. The highest BCUT2D eigenvalue weighted by Crippen LogP contribution is 2.18. The Bertz CT molecular complexity index is 491. The fourth-order valence-electron chi connectivity index (χ4n) is 1.75. The standard InChI is InChI=1S/C12H19FN2O2S/c1-15(6-7-18(2,16)17)12(9-14)10-4-3-5-11(13)8-10/h3-5,8,12H,6-7,9,14H2,1-2H3. The summed E-state index contributed by atoms with van der Waals surface area (Å²) in [6.07, 6.45) is 1.19. The number of benzene rings is 1. The van der Waals surface area contributed by atoms with Gasteiger partial charge in [0.05, 0.1) is 5.75 Å². The highest BCUT2D eigenvalue weighted by Gasteiger charge is 2.17. The lowest BCUT2D eigenvalue weighted by Gasteiger charge is -2.27. The van der Waals surface area contributed by atoms with Crippen molar-refractivity contribution in [3.05, 3.63) is 35.6 Å². The molecule has 6 heteroatoms. The summed E-state index contributed by atoms with van der Waals surface area (Å²) in [5.74, 6) is -0.252. The van der Waals surface area contributed by atoms with Gasteiger partial charge in [0.1, 0.15) is 15.7 Å². The summed E-state index contributed by atoms with van der Waals surface area (Å²) in [5.41, 5.74) is 6.44. The average molecular weight is 274 g/mol. The van der Waals surface area contributed by atoms with Crippen molar-refractivity contribution in [2.45, 2.75) is 6.04 Å². The molecule has 1 aromatic rings. The Balaban J connectivity index is 2.77. The van der Waals surface area contributed by atoms with Crippen LogP contribution in [0.3, 0.4) is 0 Å². The fraction of sp³-hybridized carbons (Fsp3) is 0.500. The Morgan fingerprint density at radius 3 is 2.61 bits per heavy atom. The SMILES string of the molecule is CN(CCS(C)(=O)=O)C(CN)c1cccc(F)c1. The van der Waals surface area contributed by atoms with Crippen molar-refractivity contribution >= 4 is 9.84 Å². The summed E-state index contributed by atoms with van der Waals surface area (Å²) in [6, 6.07) is 6.03. The molecule has 0 bridgehead atoms. The fourth-order valence-corrected chi connectivity index (χ4v) is 2.37. The Kier molecular flexibility index (Phi) is 5.25. The van der Waals surface area contributed by atoms with Gasteiger partial charge in [-0.05, 0) is 24.7 Å². The van der Waals surface area contributed by atoms with E-state index in [0.29, 0.717) is 13.1 Å². The van der Waals surface area contributed by atoms with E-state index in [1.165, 1.54) is 18.4 Å². The van der Waals surface area contributed by atoms with Crippen molar-refractivity contribution in [3.63, 3.8) is 0 Å². The van der Waals surface area contributed by atoms with Gasteiger partial charge in [0, 0.05) is 25.4 Å². The van der Waals surface area contributed by atoms with Gasteiger partial charge in [0.15, 0.2) is 0 Å². The number of hydrogen-bond acceptors (Lipinski definition) is 4. The monoisotopic (exact) mass is 274 g/mol. The third-order valence-corrected chi connectivity index (χ3v) is 3.73. The molecule has 0 heterocycles. The molecular formula is C12H19FN2O2S. The zero-order chi connectivity index (χ0) is 13.8. The van der Waals surface area contributed by atoms with Gasteiger partial charge in [-0.2, -0.15) is 0 Å². The van der Waals surface area contributed by atoms with E-state index in [-0.39, 0.29) is 17.6 Å². The van der Waals surface area contributed by atoms with Crippen LogP contribution in [0.4, 0.5) is 4.39 Å². The Morgan fingerprint density at radius 1 is 1.44 bits per heavy atom. The summed E-state index contributed by atoms with van der Waals surface area (Å²) in [6.45, 7) is 0.681. The number of sulfone groups is 1. The summed E-state index contributed by atoms with van der Waals surface area (Å²) >= 11 is 0. The zero-order valence-electron chi connectivity index (χ0n) is 10.6. The predicted octanol–water partition coefficient (Wildman–Crippen LogP) is 0.802. The van der Waals surface area contributed by atoms with Crippen LogP contribution in [0, 0.1) is 5.82 Å². The van der Waals surface area contributed by atoms with E-state index in [4.69, 9.17) is 5.73 Å². The van der Waals surface area contributed by atoms with Gasteiger partial charge in [-0.15, -0.1) is 0 Å². The number of nitrogens with two attached hydrogens (primary N) is 1. The van der Waals surface area contributed by atoms with E-state index in [0.717, 1.165) is 5.56 Å². The van der Waals surface area contributed by atoms with Crippen molar-refractivity contribution < 1.29 is 12.8 Å². The number of likely N-dealkylation sites (N-methyl/N-ethyl adjacent to an activating group) is 1. The first-order valence-electron chi connectivity index (χ1n) is 5.67. The minimum atomic E-state index is -3.01. The maximum atomic E-state index is 13.1. The van der Waals surface area contributed by atoms with Gasteiger partial charge in [0.25, 0.3) is 0 Å². The summed E-state index contributed by atoms with van der Waals surface area (Å²) in [5, 5.41) is 0. The molecule has 1 atom stereocenters. The lowest BCUT2D eigenvalue weighted by molar-refractivity contribution is 0.264. The van der Waals surface area contributed by atoms with E-state index in [2.05, 4.69) is 0 Å². The van der Waals surface area contributed by atoms with Gasteiger partial charge in [-0.3, -0.25) is 4.90 Å². The van der Waals surface area contributed by atoms with Gasteiger partial charge >= 0.3 is 0 Å². The molecule has 1 aromatic carbocycles. The van der Waals surface area contributed by atoms with Crippen LogP contribution in [0.5, 0.6) is 0 Å². The molecule has 0 aromatic heterocycles. The van der Waals surface area contributed by atoms with E-state index < -0.39 is 9.84 Å². The van der Waals surface area contributed by atoms with Crippen molar-refractivity contribution in [3.8, 4) is 0 Å². The van der Waals surface area contributed by atoms with Crippen LogP contribution in [0.1, 0.15) is 11.6 Å². The van der Waals surface area contributed by atoms with Crippen molar-refractivity contribution in [1.29, 1.82) is 0 Å². The van der Waals surface area contributed by atoms with Gasteiger partial charge < -0.3 is 5.73 Å². The molecule has 18 heavy (non-hydrogen) atoms. The first-order valence-corrected chi connectivity index (χ1v) is 7.73. The van der Waals surface area contributed by atoms with E-state index in [1.807, 2.05) is 4.90 Å². The Labute approximate surface area is 108 Å². The van der Waals surface area contributed by atoms with Crippen LogP contribution < -0.4 is 5.73 Å². The average Bonchev–Trinajstić information content (AvgIpc) is 2.26. The minimum absolute atomic E-state index is 0.0648. The molecule has 0 saturated heterocycles. The van der Waals surface area contributed by atoms with Gasteiger partial charge in [0.2, 0.25) is 0 Å². The van der Waals surface area contributed by atoms with Crippen LogP contribution in [0.15, 0.2) is 24.3 Å². The quantitative estimate of drug-likeness (QED) is 0.833. The summed E-state index contributed by atoms with van der Waals surface area (Å²) in [4.78, 5) is 1.83. The van der Waals surface area contributed by atoms with Crippen LogP contribution in [0.2, 0.25) is 0 Å². The first-order chi connectivity index (χ1) is 8.33. The molecule has 0 amide bonds. The molecule has 0 saturated carbocycles. The summed E-state index contributed by atoms with van der Waals surface area (Å²) in [7, 11) is -1.22. The highest BCUT2D eigenvalue weighted by molar-refractivity contribution is 7.90. The van der Waals surface area contributed by atoms with Crippen LogP contribution in [-0.4, -0.2) is 45.5 Å². The number of nitrogens with zero attached hydrogens (tertiary/aromatic N) is 1.